The first-order chi connectivity index (χ1) is 12.0. The zero-order valence-corrected chi connectivity index (χ0v) is 13.9. The van der Waals surface area contributed by atoms with Crippen LogP contribution in [0.4, 0.5) is 39.5 Å². The number of alkyl halides is 9. The summed E-state index contributed by atoms with van der Waals surface area (Å²) in [4.78, 5) is 0. The molecule has 1 unspecified atom stereocenters. The van der Waals surface area contributed by atoms with E-state index in [1.165, 1.54) is 12.1 Å². The van der Waals surface area contributed by atoms with Gasteiger partial charge in [0.1, 0.15) is 5.75 Å². The van der Waals surface area contributed by atoms with Crippen LogP contribution in [0.2, 0.25) is 0 Å². The van der Waals surface area contributed by atoms with E-state index in [0.717, 1.165) is 12.1 Å². The van der Waals surface area contributed by atoms with Gasteiger partial charge in [0.25, 0.3) is 5.67 Å². The smallest absolute Gasteiger partial charge is 0.381 e. The highest BCUT2D eigenvalue weighted by Crippen LogP contribution is 2.70. The largest absolute Gasteiger partial charge is 0.491 e. The summed E-state index contributed by atoms with van der Waals surface area (Å²) in [6.07, 6.45) is -5.12. The number of benzene rings is 1. The molecule has 11 heteroatoms. The molecule has 0 spiro atoms. The van der Waals surface area contributed by atoms with Crippen LogP contribution in [0.25, 0.3) is 0 Å². The monoisotopic (exact) mass is 410 g/mol. The van der Waals surface area contributed by atoms with Gasteiger partial charge in [-0.1, -0.05) is 12.1 Å². The molecule has 1 N–H and O–H groups in total. The normalized spacial score (nSPS) is 25.4. The van der Waals surface area contributed by atoms with Crippen LogP contribution in [-0.4, -0.2) is 40.6 Å². The van der Waals surface area contributed by atoms with Crippen molar-refractivity contribution in [3.63, 3.8) is 0 Å². The molecule has 0 heterocycles. The third-order valence-corrected chi connectivity index (χ3v) is 4.29. The van der Waals surface area contributed by atoms with E-state index in [2.05, 4.69) is 0 Å². The summed E-state index contributed by atoms with van der Waals surface area (Å²) in [5.41, 5.74) is -6.10. The van der Waals surface area contributed by atoms with Crippen molar-refractivity contribution >= 4 is 0 Å². The molecule has 1 fully saturated rings. The first-order valence-electron chi connectivity index (χ1n) is 7.68. The number of aliphatic hydroxyl groups excluding tert-OH is 1. The number of hydrogen-bond acceptors (Lipinski definition) is 2. The number of ether oxygens (including phenoxy) is 1. The SMILES string of the molecule is CC(C)Oc1ccc(C(O)CC2(F)C(F)(F)C(F)(F)C(F)(F)C2(F)F)cc1. The predicted molar refractivity (Wildman–Crippen MR) is 75.4 cm³/mol. The molecule has 0 aromatic heterocycles. The van der Waals surface area contributed by atoms with Crippen LogP contribution in [0.5, 0.6) is 5.75 Å². The molecular weight excluding hydrogens is 395 g/mol. The van der Waals surface area contributed by atoms with Gasteiger partial charge in [-0.25, -0.2) is 4.39 Å². The fourth-order valence-corrected chi connectivity index (χ4v) is 2.77. The fraction of sp³-hybridized carbons (Fsp3) is 0.625. The second-order valence-corrected chi connectivity index (χ2v) is 6.55. The Morgan fingerprint density at radius 3 is 1.56 bits per heavy atom. The van der Waals surface area contributed by atoms with E-state index >= 15 is 0 Å². The Balaban J connectivity index is 2.37. The van der Waals surface area contributed by atoms with Crippen molar-refractivity contribution in [2.24, 2.45) is 0 Å². The van der Waals surface area contributed by atoms with Crippen LogP contribution in [0.1, 0.15) is 31.9 Å². The van der Waals surface area contributed by atoms with E-state index in [1.807, 2.05) is 0 Å². The number of rotatable bonds is 5. The Morgan fingerprint density at radius 2 is 1.19 bits per heavy atom. The molecule has 1 aromatic carbocycles. The summed E-state index contributed by atoms with van der Waals surface area (Å²) >= 11 is 0. The molecule has 1 aromatic rings. The van der Waals surface area contributed by atoms with Gasteiger partial charge in [-0.05, 0) is 31.5 Å². The molecule has 0 amide bonds. The van der Waals surface area contributed by atoms with Crippen LogP contribution in [-0.2, 0) is 0 Å². The molecule has 0 aliphatic heterocycles. The molecule has 0 radical (unpaired) electrons. The minimum Gasteiger partial charge on any atom is -0.491 e. The molecule has 0 bridgehead atoms. The van der Waals surface area contributed by atoms with Gasteiger partial charge in [0.05, 0.1) is 12.2 Å². The summed E-state index contributed by atoms with van der Waals surface area (Å²) in [5, 5.41) is 9.79. The lowest BCUT2D eigenvalue weighted by molar-refractivity contribution is -0.303. The maximum Gasteiger partial charge on any atom is 0.381 e. The predicted octanol–water partition coefficient (Wildman–Crippen LogP) is 5.16. The second kappa shape index (κ2) is 6.18. The van der Waals surface area contributed by atoms with Gasteiger partial charge in [-0.2, -0.15) is 35.1 Å². The molecule has 2 rings (SSSR count). The van der Waals surface area contributed by atoms with E-state index in [1.54, 1.807) is 13.8 Å². The number of aliphatic hydroxyl groups is 1. The molecule has 27 heavy (non-hydrogen) atoms. The molecule has 2 nitrogen and oxygen atoms in total. The summed E-state index contributed by atoms with van der Waals surface area (Å²) < 4.78 is 127. The average Bonchev–Trinajstić information content (AvgIpc) is 2.57. The van der Waals surface area contributed by atoms with E-state index in [-0.39, 0.29) is 11.9 Å². The first kappa shape index (κ1) is 21.6. The van der Waals surface area contributed by atoms with Gasteiger partial charge in [-0.3, -0.25) is 0 Å². The Morgan fingerprint density at radius 1 is 0.778 bits per heavy atom. The van der Waals surface area contributed by atoms with E-state index in [4.69, 9.17) is 4.74 Å². The Bertz CT molecular complexity index is 660. The topological polar surface area (TPSA) is 29.5 Å². The van der Waals surface area contributed by atoms with Crippen LogP contribution < -0.4 is 4.74 Å². The third kappa shape index (κ3) is 2.76. The van der Waals surface area contributed by atoms with Gasteiger partial charge < -0.3 is 9.84 Å². The Hall–Kier alpha value is -1.65. The lowest BCUT2D eigenvalue weighted by Gasteiger charge is -2.32. The van der Waals surface area contributed by atoms with Gasteiger partial charge in [0, 0.05) is 6.42 Å². The Labute approximate surface area is 147 Å². The van der Waals surface area contributed by atoms with Crippen molar-refractivity contribution in [2.45, 2.75) is 61.8 Å². The lowest BCUT2D eigenvalue weighted by Crippen LogP contribution is -2.55. The number of halogens is 9. The van der Waals surface area contributed by atoms with Crippen molar-refractivity contribution in [3.8, 4) is 5.75 Å². The minimum absolute atomic E-state index is 0.227. The van der Waals surface area contributed by atoms with Gasteiger partial charge in [0.15, 0.2) is 0 Å². The minimum atomic E-state index is -6.65. The van der Waals surface area contributed by atoms with Gasteiger partial charge >= 0.3 is 23.7 Å². The van der Waals surface area contributed by atoms with Gasteiger partial charge in [-0.15, -0.1) is 0 Å². The highest BCUT2D eigenvalue weighted by atomic mass is 19.4. The molecule has 1 aliphatic rings. The zero-order chi connectivity index (χ0) is 21.1. The number of hydrogen-bond donors (Lipinski definition) is 1. The maximum atomic E-state index is 14.4. The average molecular weight is 410 g/mol. The summed E-state index contributed by atoms with van der Waals surface area (Å²) in [6, 6.07) is 4.32. The van der Waals surface area contributed by atoms with Crippen molar-refractivity contribution < 1.29 is 49.4 Å². The Kier molecular flexibility index (Phi) is 4.95. The summed E-state index contributed by atoms with van der Waals surface area (Å²) in [7, 11) is 0. The van der Waals surface area contributed by atoms with Crippen molar-refractivity contribution in [2.75, 3.05) is 0 Å². The first-order valence-corrected chi connectivity index (χ1v) is 7.68. The second-order valence-electron chi connectivity index (χ2n) is 6.55. The molecule has 154 valence electrons. The molecule has 0 saturated heterocycles. The maximum absolute atomic E-state index is 14.4. The molecule has 1 aliphatic carbocycles. The van der Waals surface area contributed by atoms with Crippen molar-refractivity contribution in [3.05, 3.63) is 29.8 Å². The molecular formula is C16H15F9O2. The van der Waals surface area contributed by atoms with Gasteiger partial charge in [0.2, 0.25) is 0 Å². The van der Waals surface area contributed by atoms with E-state index in [0.29, 0.717) is 0 Å². The van der Waals surface area contributed by atoms with Crippen LogP contribution in [0.15, 0.2) is 24.3 Å². The van der Waals surface area contributed by atoms with Crippen molar-refractivity contribution in [1.82, 2.24) is 0 Å². The third-order valence-electron chi connectivity index (χ3n) is 4.29. The van der Waals surface area contributed by atoms with E-state index in [9.17, 15) is 44.6 Å². The van der Waals surface area contributed by atoms with Crippen LogP contribution in [0.3, 0.4) is 0 Å². The molecule has 1 atom stereocenters. The highest BCUT2D eigenvalue weighted by molar-refractivity contribution is 5.31. The highest BCUT2D eigenvalue weighted by Gasteiger charge is 3.00. The summed E-state index contributed by atoms with van der Waals surface area (Å²) in [6.45, 7) is 3.33. The summed E-state index contributed by atoms with van der Waals surface area (Å²) in [5.74, 6) is -25.9. The zero-order valence-electron chi connectivity index (χ0n) is 13.9. The van der Waals surface area contributed by atoms with E-state index < -0.39 is 47.4 Å². The lowest BCUT2D eigenvalue weighted by atomic mass is 9.88. The standard InChI is InChI=1S/C16H15F9O2/c1-8(2)27-10-5-3-9(4-6-10)11(26)7-12(17)13(18,19)15(22,23)16(24,25)14(12,20)21/h3-6,8,11,26H,7H2,1-2H3. The van der Waals surface area contributed by atoms with Crippen LogP contribution >= 0.6 is 0 Å². The van der Waals surface area contributed by atoms with Crippen molar-refractivity contribution in [1.29, 1.82) is 0 Å². The quantitative estimate of drug-likeness (QED) is 0.680. The van der Waals surface area contributed by atoms with Crippen LogP contribution in [0, 0.1) is 0 Å². The molecule has 1 saturated carbocycles. The fourth-order valence-electron chi connectivity index (χ4n) is 2.77.